The van der Waals surface area contributed by atoms with Crippen molar-refractivity contribution in [2.45, 2.75) is 25.5 Å². The maximum Gasteiger partial charge on any atom is 0.336 e. The molecule has 1 aliphatic heterocycles. The van der Waals surface area contributed by atoms with Gasteiger partial charge < -0.3 is 10.1 Å². The zero-order valence-corrected chi connectivity index (χ0v) is 18.7. The van der Waals surface area contributed by atoms with Crippen LogP contribution in [0.15, 0.2) is 68.1 Å². The summed E-state index contributed by atoms with van der Waals surface area (Å²) in [5, 5.41) is 16.0. The number of nitrogens with one attached hydrogen (secondary N) is 1. The minimum absolute atomic E-state index is 0.295. The van der Waals surface area contributed by atoms with Crippen molar-refractivity contribution >= 4 is 45.0 Å². The lowest BCUT2D eigenvalue weighted by Crippen LogP contribution is -2.28. The number of hydrogen-bond acceptors (Lipinski definition) is 6. The Morgan fingerprint density at radius 2 is 2.11 bits per heavy atom. The number of rotatable bonds is 6. The number of carbonyl (C=O) groups excluding carboxylic acids is 1. The minimum atomic E-state index is -0.405. The molecule has 2 heterocycles. The van der Waals surface area contributed by atoms with Crippen molar-refractivity contribution in [3.63, 3.8) is 0 Å². The van der Waals surface area contributed by atoms with Gasteiger partial charge in [-0.25, -0.2) is 4.79 Å². The van der Waals surface area contributed by atoms with E-state index in [1.54, 1.807) is 18.7 Å². The van der Waals surface area contributed by atoms with Gasteiger partial charge in [-0.05, 0) is 43.0 Å². The normalized spacial score (nSPS) is 16.6. The number of halogens is 1. The SMILES string of the molecule is CCOC(=O)C1=C(C)NC(SCc2ccc(Br)cc2)=C(C#N)C1c1cccs1. The fraction of sp³-hybridized carbons (Fsp3) is 0.238. The molecule has 4 nitrogen and oxygen atoms in total. The summed E-state index contributed by atoms with van der Waals surface area (Å²) >= 11 is 6.55. The van der Waals surface area contributed by atoms with Crippen LogP contribution in [-0.4, -0.2) is 12.6 Å². The molecule has 3 rings (SSSR count). The number of carbonyl (C=O) groups is 1. The number of thiophene rings is 1. The monoisotopic (exact) mass is 474 g/mol. The van der Waals surface area contributed by atoms with Gasteiger partial charge in [0.15, 0.2) is 0 Å². The van der Waals surface area contributed by atoms with Gasteiger partial charge in [-0.3, -0.25) is 0 Å². The highest BCUT2D eigenvalue weighted by Crippen LogP contribution is 2.43. The Kier molecular flexibility index (Phi) is 7.00. The molecule has 0 amide bonds. The molecule has 28 heavy (non-hydrogen) atoms. The average molecular weight is 475 g/mol. The van der Waals surface area contributed by atoms with Crippen LogP contribution in [0.5, 0.6) is 0 Å². The van der Waals surface area contributed by atoms with Gasteiger partial charge in [0.25, 0.3) is 0 Å². The summed E-state index contributed by atoms with van der Waals surface area (Å²) < 4.78 is 6.31. The van der Waals surface area contributed by atoms with E-state index in [0.29, 0.717) is 17.8 Å². The number of ether oxygens (including phenoxy) is 1. The van der Waals surface area contributed by atoms with Crippen molar-refractivity contribution < 1.29 is 9.53 Å². The zero-order valence-electron chi connectivity index (χ0n) is 15.5. The van der Waals surface area contributed by atoms with Gasteiger partial charge in [0, 0.05) is 20.8 Å². The van der Waals surface area contributed by atoms with Crippen LogP contribution in [0.2, 0.25) is 0 Å². The summed E-state index contributed by atoms with van der Waals surface area (Å²) in [4.78, 5) is 13.6. The summed E-state index contributed by atoms with van der Waals surface area (Å²) in [5.74, 6) is -0.0618. The Morgan fingerprint density at radius 3 is 2.71 bits per heavy atom. The van der Waals surface area contributed by atoms with E-state index in [9.17, 15) is 10.1 Å². The van der Waals surface area contributed by atoms with Crippen molar-refractivity contribution in [2.75, 3.05) is 6.61 Å². The van der Waals surface area contributed by atoms with Crippen LogP contribution in [-0.2, 0) is 15.3 Å². The molecule has 0 radical (unpaired) electrons. The van der Waals surface area contributed by atoms with Crippen LogP contribution >= 0.6 is 39.0 Å². The number of dihydropyridines is 1. The molecule has 1 aromatic carbocycles. The van der Waals surface area contributed by atoms with E-state index in [1.165, 1.54) is 11.3 Å². The third kappa shape index (κ3) is 4.52. The van der Waals surface area contributed by atoms with Crippen LogP contribution in [0, 0.1) is 11.3 Å². The van der Waals surface area contributed by atoms with E-state index < -0.39 is 5.92 Å². The van der Waals surface area contributed by atoms with Gasteiger partial charge in [0.05, 0.1) is 34.8 Å². The molecule has 0 spiro atoms. The summed E-state index contributed by atoms with van der Waals surface area (Å²) in [6.07, 6.45) is 0. The molecule has 2 aromatic rings. The van der Waals surface area contributed by atoms with Crippen molar-refractivity contribution in [1.82, 2.24) is 5.32 Å². The lowest BCUT2D eigenvalue weighted by molar-refractivity contribution is -0.138. The van der Waals surface area contributed by atoms with Gasteiger partial charge in [0.2, 0.25) is 0 Å². The molecule has 0 aliphatic carbocycles. The summed E-state index contributed by atoms with van der Waals surface area (Å²) in [6.45, 7) is 3.94. The van der Waals surface area contributed by atoms with E-state index in [1.807, 2.05) is 36.6 Å². The fourth-order valence-corrected chi connectivity index (χ4v) is 5.14. The predicted octanol–water partition coefficient (Wildman–Crippen LogP) is 5.70. The van der Waals surface area contributed by atoms with Crippen molar-refractivity contribution in [1.29, 1.82) is 5.26 Å². The number of benzene rings is 1. The molecule has 0 fully saturated rings. The Bertz CT molecular complexity index is 957. The first kappa shape index (κ1) is 20.7. The third-order valence-corrected chi connectivity index (χ3v) is 6.82. The molecule has 144 valence electrons. The van der Waals surface area contributed by atoms with Crippen molar-refractivity contribution in [3.05, 3.63) is 78.6 Å². The maximum absolute atomic E-state index is 12.6. The fourth-order valence-electron chi connectivity index (χ4n) is 2.98. The number of allylic oxidation sites excluding steroid dienone is 2. The third-order valence-electron chi connectivity index (χ3n) is 4.27. The second-order valence-corrected chi connectivity index (χ2v) is 8.98. The Labute approximate surface area is 181 Å². The maximum atomic E-state index is 12.6. The minimum Gasteiger partial charge on any atom is -0.463 e. The molecule has 1 atom stereocenters. The molecule has 1 unspecified atom stereocenters. The van der Waals surface area contributed by atoms with E-state index in [-0.39, 0.29) is 5.97 Å². The highest BCUT2D eigenvalue weighted by Gasteiger charge is 2.35. The van der Waals surface area contributed by atoms with Gasteiger partial charge in [0.1, 0.15) is 0 Å². The topological polar surface area (TPSA) is 62.1 Å². The Hall–Kier alpha value is -2.01. The molecular formula is C21H19BrN2O2S2. The first-order chi connectivity index (χ1) is 13.5. The van der Waals surface area contributed by atoms with Crippen LogP contribution in [0.4, 0.5) is 0 Å². The number of nitriles is 1. The lowest BCUT2D eigenvalue weighted by Gasteiger charge is -2.28. The number of thioether (sulfide) groups is 1. The first-order valence-corrected chi connectivity index (χ1v) is 11.4. The molecule has 1 aliphatic rings. The lowest BCUT2D eigenvalue weighted by atomic mass is 9.87. The second-order valence-electron chi connectivity index (χ2n) is 6.10. The van der Waals surface area contributed by atoms with E-state index in [0.717, 1.165) is 31.4 Å². The number of nitrogens with zero attached hydrogens (tertiary/aromatic N) is 1. The van der Waals surface area contributed by atoms with Crippen LogP contribution in [0.3, 0.4) is 0 Å². The molecule has 1 N–H and O–H groups in total. The van der Waals surface area contributed by atoms with E-state index in [4.69, 9.17) is 4.74 Å². The average Bonchev–Trinajstić information content (AvgIpc) is 3.21. The summed E-state index contributed by atoms with van der Waals surface area (Å²) in [5.41, 5.74) is 2.95. The van der Waals surface area contributed by atoms with Gasteiger partial charge in [-0.2, -0.15) is 5.26 Å². The molecular weight excluding hydrogens is 456 g/mol. The first-order valence-electron chi connectivity index (χ1n) is 8.75. The van der Waals surface area contributed by atoms with Crippen LogP contribution in [0.25, 0.3) is 0 Å². The van der Waals surface area contributed by atoms with Crippen LogP contribution < -0.4 is 5.32 Å². The highest BCUT2D eigenvalue weighted by atomic mass is 79.9. The molecule has 1 aromatic heterocycles. The van der Waals surface area contributed by atoms with Gasteiger partial charge in [-0.1, -0.05) is 34.1 Å². The van der Waals surface area contributed by atoms with Gasteiger partial charge >= 0.3 is 5.97 Å². The standard InChI is InChI=1S/C21H19BrN2O2S2/c1-3-26-21(25)18-13(2)24-20(28-12-14-6-8-15(22)9-7-14)16(11-23)19(18)17-5-4-10-27-17/h4-10,19,24H,3,12H2,1-2H3. The van der Waals surface area contributed by atoms with E-state index in [2.05, 4.69) is 39.4 Å². The molecule has 0 saturated carbocycles. The molecule has 0 saturated heterocycles. The quantitative estimate of drug-likeness (QED) is 0.543. The molecule has 0 bridgehead atoms. The van der Waals surface area contributed by atoms with Crippen molar-refractivity contribution in [3.8, 4) is 6.07 Å². The van der Waals surface area contributed by atoms with Crippen molar-refractivity contribution in [2.24, 2.45) is 0 Å². The number of hydrogen-bond donors (Lipinski definition) is 1. The Morgan fingerprint density at radius 1 is 1.36 bits per heavy atom. The molecule has 7 heteroatoms. The van der Waals surface area contributed by atoms with Gasteiger partial charge in [-0.15, -0.1) is 23.1 Å². The van der Waals surface area contributed by atoms with Crippen LogP contribution in [0.1, 0.15) is 30.2 Å². The Balaban J connectivity index is 1.95. The predicted molar refractivity (Wildman–Crippen MR) is 118 cm³/mol. The summed E-state index contributed by atoms with van der Waals surface area (Å²) in [6, 6.07) is 14.3. The number of esters is 1. The smallest absolute Gasteiger partial charge is 0.336 e. The van der Waals surface area contributed by atoms with E-state index >= 15 is 0 Å². The zero-order chi connectivity index (χ0) is 20.1. The highest BCUT2D eigenvalue weighted by molar-refractivity contribution is 9.10. The largest absolute Gasteiger partial charge is 0.463 e. The second kappa shape index (κ2) is 9.46. The summed E-state index contributed by atoms with van der Waals surface area (Å²) in [7, 11) is 0.